The Bertz CT molecular complexity index is 383. The van der Waals surface area contributed by atoms with E-state index in [4.69, 9.17) is 14.5 Å². The van der Waals surface area contributed by atoms with Crippen LogP contribution in [0.1, 0.15) is 25.3 Å². The van der Waals surface area contributed by atoms with Crippen LogP contribution >= 0.6 is 0 Å². The molecule has 1 rings (SSSR count). The summed E-state index contributed by atoms with van der Waals surface area (Å²) in [4.78, 5) is 0. The zero-order valence-corrected chi connectivity index (χ0v) is 13.2. The second kappa shape index (κ2) is 7.85. The Kier molecular flexibility index (Phi) is 6.79. The van der Waals surface area contributed by atoms with Gasteiger partial charge in [-0.1, -0.05) is 44.0 Å². The highest BCUT2D eigenvalue weighted by molar-refractivity contribution is 6.71. The van der Waals surface area contributed by atoms with Gasteiger partial charge in [0.05, 0.1) is 0 Å². The lowest BCUT2D eigenvalue weighted by molar-refractivity contribution is 0.310. The Morgan fingerprint density at radius 3 is 2.63 bits per heavy atom. The SMILES string of the molecule is CCCC[Si](C)(C)OCCc1cccc(B(O)O)c1. The molecule has 0 fully saturated rings. The average Bonchev–Trinajstić information content (AvgIpc) is 2.36. The van der Waals surface area contributed by atoms with E-state index in [2.05, 4.69) is 20.0 Å². The molecule has 0 amide bonds. The molecule has 0 aliphatic heterocycles. The number of hydrogen-bond donors (Lipinski definition) is 2. The topological polar surface area (TPSA) is 49.7 Å². The van der Waals surface area contributed by atoms with Crippen LogP contribution in [0.3, 0.4) is 0 Å². The lowest BCUT2D eigenvalue weighted by atomic mass is 9.79. The maximum Gasteiger partial charge on any atom is 0.488 e. The van der Waals surface area contributed by atoms with Crippen LogP contribution in [-0.2, 0) is 10.8 Å². The minimum absolute atomic E-state index is 0.542. The third-order valence-electron chi connectivity index (χ3n) is 3.27. The van der Waals surface area contributed by atoms with Crippen LogP contribution in [0.25, 0.3) is 0 Å². The summed E-state index contributed by atoms with van der Waals surface area (Å²) in [6, 6.07) is 8.60. The molecule has 0 atom stereocenters. The Hall–Kier alpha value is -0.618. The molecule has 1 aromatic rings. The van der Waals surface area contributed by atoms with Crippen molar-refractivity contribution in [2.45, 2.75) is 45.3 Å². The third kappa shape index (κ3) is 6.38. The monoisotopic (exact) mass is 280 g/mol. The van der Waals surface area contributed by atoms with Crippen molar-refractivity contribution in [2.24, 2.45) is 0 Å². The predicted octanol–water partition coefficient (Wildman–Crippen LogP) is 1.93. The highest BCUT2D eigenvalue weighted by Gasteiger charge is 2.21. The van der Waals surface area contributed by atoms with Crippen LogP contribution in [0.15, 0.2) is 24.3 Å². The highest BCUT2D eigenvalue weighted by atomic mass is 28.4. The van der Waals surface area contributed by atoms with Crippen molar-refractivity contribution in [2.75, 3.05) is 6.61 Å². The minimum Gasteiger partial charge on any atom is -0.423 e. The van der Waals surface area contributed by atoms with Crippen LogP contribution in [0, 0.1) is 0 Å². The number of rotatable bonds is 8. The van der Waals surface area contributed by atoms with E-state index >= 15 is 0 Å². The summed E-state index contributed by atoms with van der Waals surface area (Å²) in [6.45, 7) is 7.44. The van der Waals surface area contributed by atoms with Crippen LogP contribution in [0.4, 0.5) is 0 Å². The molecule has 0 aliphatic rings. The fourth-order valence-corrected chi connectivity index (χ4v) is 4.03. The first-order valence-electron chi connectivity index (χ1n) is 7.03. The highest BCUT2D eigenvalue weighted by Crippen LogP contribution is 2.15. The van der Waals surface area contributed by atoms with Crippen molar-refractivity contribution in [3.63, 3.8) is 0 Å². The molecule has 1 aromatic carbocycles. The smallest absolute Gasteiger partial charge is 0.423 e. The predicted molar refractivity (Wildman–Crippen MR) is 83.1 cm³/mol. The molecule has 0 radical (unpaired) electrons. The molecule has 0 aliphatic carbocycles. The van der Waals surface area contributed by atoms with E-state index in [1.54, 1.807) is 6.07 Å². The van der Waals surface area contributed by atoms with Crippen molar-refractivity contribution in [1.82, 2.24) is 0 Å². The molecule has 106 valence electrons. The van der Waals surface area contributed by atoms with Crippen LogP contribution in [-0.4, -0.2) is 32.1 Å². The van der Waals surface area contributed by atoms with Gasteiger partial charge < -0.3 is 14.5 Å². The first-order chi connectivity index (χ1) is 8.94. The average molecular weight is 280 g/mol. The Balaban J connectivity index is 2.42. The van der Waals surface area contributed by atoms with Gasteiger partial charge in [-0.3, -0.25) is 0 Å². The Morgan fingerprint density at radius 1 is 1.26 bits per heavy atom. The van der Waals surface area contributed by atoms with Gasteiger partial charge in [0.25, 0.3) is 0 Å². The molecule has 0 spiro atoms. The second-order valence-electron chi connectivity index (χ2n) is 5.58. The van der Waals surface area contributed by atoms with Crippen molar-refractivity contribution in [3.8, 4) is 0 Å². The normalized spacial score (nSPS) is 11.6. The van der Waals surface area contributed by atoms with Crippen molar-refractivity contribution < 1.29 is 14.5 Å². The number of hydrogen-bond acceptors (Lipinski definition) is 3. The van der Waals surface area contributed by atoms with Gasteiger partial charge in [0.1, 0.15) is 0 Å². The number of unbranched alkanes of at least 4 members (excludes halogenated alkanes) is 1. The summed E-state index contributed by atoms with van der Waals surface area (Å²) in [5, 5.41) is 18.3. The first kappa shape index (κ1) is 16.4. The zero-order valence-electron chi connectivity index (χ0n) is 12.2. The molecule has 0 saturated carbocycles. The van der Waals surface area contributed by atoms with Gasteiger partial charge in [0.15, 0.2) is 8.32 Å². The molecule has 19 heavy (non-hydrogen) atoms. The lowest BCUT2D eigenvalue weighted by Crippen LogP contribution is -2.31. The van der Waals surface area contributed by atoms with Gasteiger partial charge in [0, 0.05) is 6.61 Å². The van der Waals surface area contributed by atoms with E-state index in [1.807, 2.05) is 18.2 Å². The quantitative estimate of drug-likeness (QED) is 0.715. The van der Waals surface area contributed by atoms with E-state index in [0.717, 1.165) is 12.0 Å². The number of benzene rings is 1. The molecule has 0 heterocycles. The Labute approximate surface area is 117 Å². The molecule has 0 bridgehead atoms. The van der Waals surface area contributed by atoms with Crippen molar-refractivity contribution >= 4 is 20.9 Å². The molecule has 0 aromatic heterocycles. The molecule has 3 nitrogen and oxygen atoms in total. The van der Waals surface area contributed by atoms with E-state index in [-0.39, 0.29) is 0 Å². The van der Waals surface area contributed by atoms with Crippen LogP contribution in [0.5, 0.6) is 0 Å². The molecule has 0 unspecified atom stereocenters. The van der Waals surface area contributed by atoms with Gasteiger partial charge in [-0.15, -0.1) is 0 Å². The summed E-state index contributed by atoms with van der Waals surface area (Å²) < 4.78 is 6.05. The van der Waals surface area contributed by atoms with Gasteiger partial charge in [-0.2, -0.15) is 0 Å². The summed E-state index contributed by atoms with van der Waals surface area (Å²) in [5.41, 5.74) is 1.63. The van der Waals surface area contributed by atoms with Gasteiger partial charge >= 0.3 is 7.12 Å². The fourth-order valence-electron chi connectivity index (χ4n) is 2.03. The van der Waals surface area contributed by atoms with Crippen molar-refractivity contribution in [3.05, 3.63) is 29.8 Å². The van der Waals surface area contributed by atoms with E-state index in [9.17, 15) is 0 Å². The van der Waals surface area contributed by atoms with Crippen molar-refractivity contribution in [1.29, 1.82) is 0 Å². The Morgan fingerprint density at radius 2 is 2.00 bits per heavy atom. The molecular formula is C14H25BO3Si. The van der Waals surface area contributed by atoms with E-state index < -0.39 is 15.4 Å². The molecule has 0 saturated heterocycles. The third-order valence-corrected chi connectivity index (χ3v) is 5.81. The fraction of sp³-hybridized carbons (Fsp3) is 0.571. The lowest BCUT2D eigenvalue weighted by Gasteiger charge is -2.22. The summed E-state index contributed by atoms with van der Waals surface area (Å²) in [6.07, 6.45) is 3.28. The van der Waals surface area contributed by atoms with Gasteiger partial charge in [0.2, 0.25) is 0 Å². The molecule has 5 heteroatoms. The maximum absolute atomic E-state index is 9.13. The van der Waals surface area contributed by atoms with Gasteiger partial charge in [-0.25, -0.2) is 0 Å². The van der Waals surface area contributed by atoms with Gasteiger partial charge in [-0.05, 0) is 36.6 Å². The van der Waals surface area contributed by atoms with E-state index in [0.29, 0.717) is 12.1 Å². The zero-order chi connectivity index (χ0) is 14.3. The minimum atomic E-state index is -1.51. The standard InChI is InChI=1S/C14H25BO3Si/c1-4-5-11-19(2,3)18-10-9-13-7-6-8-14(12-13)15(16)17/h6-8,12,16-17H,4-5,9-11H2,1-3H3. The van der Waals surface area contributed by atoms with Crippen LogP contribution < -0.4 is 5.46 Å². The molecule has 2 N–H and O–H groups in total. The van der Waals surface area contributed by atoms with Crippen LogP contribution in [0.2, 0.25) is 19.1 Å². The molecular weight excluding hydrogens is 255 g/mol. The second-order valence-corrected chi connectivity index (χ2v) is 9.89. The van der Waals surface area contributed by atoms with E-state index in [1.165, 1.54) is 18.9 Å². The largest absolute Gasteiger partial charge is 0.488 e. The summed E-state index contributed by atoms with van der Waals surface area (Å²) in [7, 11) is -2.90. The first-order valence-corrected chi connectivity index (χ1v) is 10.1. The summed E-state index contributed by atoms with van der Waals surface area (Å²) >= 11 is 0. The maximum atomic E-state index is 9.13. The summed E-state index contributed by atoms with van der Waals surface area (Å²) in [5.74, 6) is 0.